The molecule has 0 spiro atoms. The summed E-state index contributed by atoms with van der Waals surface area (Å²) in [7, 11) is 0. The predicted molar refractivity (Wildman–Crippen MR) is 93.1 cm³/mol. The summed E-state index contributed by atoms with van der Waals surface area (Å²) in [5.41, 5.74) is 1.21. The van der Waals surface area contributed by atoms with E-state index >= 15 is 0 Å². The third kappa shape index (κ3) is 4.20. The zero-order valence-electron chi connectivity index (χ0n) is 12.4. The first-order valence-electron chi connectivity index (χ1n) is 7.41. The van der Waals surface area contributed by atoms with Crippen LogP contribution >= 0.6 is 22.6 Å². The Labute approximate surface area is 146 Å². The molecule has 3 heterocycles. The quantitative estimate of drug-likeness (QED) is 0.504. The van der Waals surface area contributed by atoms with Gasteiger partial charge >= 0.3 is 0 Å². The molecule has 23 heavy (non-hydrogen) atoms. The normalized spacial score (nSPS) is 15.5. The van der Waals surface area contributed by atoms with Crippen molar-refractivity contribution >= 4 is 45.3 Å². The molecule has 8 heteroatoms. The van der Waals surface area contributed by atoms with Gasteiger partial charge in [-0.15, -0.1) is 0 Å². The fraction of sp³-hybridized carbons (Fsp3) is 0.400. The minimum atomic E-state index is -0.307. The van der Waals surface area contributed by atoms with E-state index < -0.39 is 0 Å². The summed E-state index contributed by atoms with van der Waals surface area (Å²) in [5, 5.41) is 6.45. The van der Waals surface area contributed by atoms with Crippen molar-refractivity contribution in [2.75, 3.05) is 19.8 Å². The Morgan fingerprint density at radius 3 is 2.91 bits per heavy atom. The summed E-state index contributed by atoms with van der Waals surface area (Å²) >= 11 is 2.12. The van der Waals surface area contributed by atoms with E-state index in [1.54, 1.807) is 12.3 Å². The van der Waals surface area contributed by atoms with Crippen molar-refractivity contribution in [2.24, 2.45) is 0 Å². The van der Waals surface area contributed by atoms with Crippen LogP contribution < -0.4 is 10.6 Å². The van der Waals surface area contributed by atoms with Crippen molar-refractivity contribution in [2.45, 2.75) is 18.9 Å². The molecule has 0 radical (unpaired) electrons. The molecule has 3 N–H and O–H groups in total. The highest BCUT2D eigenvalue weighted by atomic mass is 127. The zero-order chi connectivity index (χ0) is 16.2. The number of amides is 2. The molecule has 1 aliphatic rings. The predicted octanol–water partition coefficient (Wildman–Crippen LogP) is 1.19. The molecule has 1 fully saturated rings. The topological polar surface area (TPSA) is 96.1 Å². The summed E-state index contributed by atoms with van der Waals surface area (Å²) in [4.78, 5) is 31.2. The largest absolute Gasteiger partial charge is 0.381 e. The molecule has 0 aromatic carbocycles. The maximum atomic E-state index is 12.1. The lowest BCUT2D eigenvalue weighted by Crippen LogP contribution is -2.44. The van der Waals surface area contributed by atoms with Crippen molar-refractivity contribution in [3.8, 4) is 0 Å². The van der Waals surface area contributed by atoms with Gasteiger partial charge in [0.1, 0.15) is 9.39 Å². The lowest BCUT2D eigenvalue weighted by molar-refractivity contribution is -0.121. The van der Waals surface area contributed by atoms with Gasteiger partial charge in [-0.3, -0.25) is 9.59 Å². The van der Waals surface area contributed by atoms with Crippen molar-refractivity contribution in [1.29, 1.82) is 0 Å². The highest BCUT2D eigenvalue weighted by molar-refractivity contribution is 14.1. The molecule has 7 nitrogen and oxygen atoms in total. The van der Waals surface area contributed by atoms with Crippen molar-refractivity contribution in [1.82, 2.24) is 20.6 Å². The van der Waals surface area contributed by atoms with Crippen LogP contribution in [0.2, 0.25) is 0 Å². The average molecular weight is 428 g/mol. The number of aromatic nitrogens is 2. The van der Waals surface area contributed by atoms with Crippen LogP contribution in [-0.4, -0.2) is 47.6 Å². The first kappa shape index (κ1) is 16.2. The minimum Gasteiger partial charge on any atom is -0.381 e. The number of hydrogen-bond donors (Lipinski definition) is 3. The second-order valence-electron chi connectivity index (χ2n) is 5.41. The molecule has 1 aliphatic heterocycles. The number of nitrogens with zero attached hydrogens (tertiary/aromatic N) is 1. The Morgan fingerprint density at radius 2 is 2.13 bits per heavy atom. The molecule has 2 aromatic rings. The Hall–Kier alpha value is -1.68. The van der Waals surface area contributed by atoms with E-state index in [0.29, 0.717) is 18.9 Å². The third-order valence-corrected chi connectivity index (χ3v) is 4.30. The molecular formula is C15H17IN4O3. The van der Waals surface area contributed by atoms with Gasteiger partial charge in [-0.2, -0.15) is 0 Å². The SMILES string of the molecule is O=C(CNC(=O)c1cc2cc(I)ncc2[nH]1)NC1CCOCC1. The Kier molecular flexibility index (Phi) is 5.11. The number of fused-ring (bicyclic) bond motifs is 1. The van der Waals surface area contributed by atoms with Gasteiger partial charge in [0, 0.05) is 24.6 Å². The minimum absolute atomic E-state index is 0.0403. The maximum absolute atomic E-state index is 12.1. The molecule has 0 atom stereocenters. The molecule has 1 saturated heterocycles. The molecule has 3 rings (SSSR count). The van der Waals surface area contributed by atoms with Gasteiger partial charge in [-0.25, -0.2) is 4.98 Å². The summed E-state index contributed by atoms with van der Waals surface area (Å²) < 4.78 is 6.10. The van der Waals surface area contributed by atoms with E-state index in [0.717, 1.165) is 27.4 Å². The van der Waals surface area contributed by atoms with Crippen LogP contribution in [0.15, 0.2) is 18.3 Å². The number of rotatable bonds is 4. The second kappa shape index (κ2) is 7.26. The lowest BCUT2D eigenvalue weighted by atomic mass is 10.1. The van der Waals surface area contributed by atoms with Crippen molar-refractivity contribution in [3.63, 3.8) is 0 Å². The van der Waals surface area contributed by atoms with E-state index in [1.165, 1.54) is 0 Å². The van der Waals surface area contributed by atoms with Crippen LogP contribution in [-0.2, 0) is 9.53 Å². The fourth-order valence-electron chi connectivity index (χ4n) is 2.50. The number of carbonyl (C=O) groups excluding carboxylic acids is 2. The van der Waals surface area contributed by atoms with E-state index in [-0.39, 0.29) is 24.4 Å². The molecule has 0 unspecified atom stereocenters. The van der Waals surface area contributed by atoms with Crippen LogP contribution in [0, 0.1) is 3.70 Å². The van der Waals surface area contributed by atoms with Crippen molar-refractivity contribution in [3.05, 3.63) is 27.7 Å². The molecule has 2 amide bonds. The summed E-state index contributed by atoms with van der Waals surface area (Å²) in [6.45, 7) is 1.29. The Bertz CT molecular complexity index is 725. The molecular weight excluding hydrogens is 411 g/mol. The van der Waals surface area contributed by atoms with Crippen LogP contribution in [0.1, 0.15) is 23.3 Å². The van der Waals surface area contributed by atoms with Crippen LogP contribution in [0.4, 0.5) is 0 Å². The molecule has 0 aliphatic carbocycles. The standard InChI is InChI=1S/C15H17IN4O3/c16-13-6-9-5-11(20-12(9)7-17-13)15(22)18-8-14(21)19-10-1-3-23-4-2-10/h5-7,10,20H,1-4,8H2,(H,18,22)(H,19,21). The van der Waals surface area contributed by atoms with Gasteiger partial charge in [-0.05, 0) is 47.6 Å². The molecule has 0 bridgehead atoms. The van der Waals surface area contributed by atoms with Gasteiger partial charge in [0.15, 0.2) is 0 Å². The van der Waals surface area contributed by atoms with Crippen LogP contribution in [0.25, 0.3) is 10.9 Å². The van der Waals surface area contributed by atoms with E-state index in [1.807, 2.05) is 6.07 Å². The smallest absolute Gasteiger partial charge is 0.268 e. The number of H-pyrrole nitrogens is 1. The third-order valence-electron chi connectivity index (χ3n) is 3.71. The molecule has 2 aromatic heterocycles. The molecule has 0 saturated carbocycles. The van der Waals surface area contributed by atoms with E-state index in [9.17, 15) is 9.59 Å². The number of halogens is 1. The summed E-state index contributed by atoms with van der Waals surface area (Å²) in [6.07, 6.45) is 3.31. The van der Waals surface area contributed by atoms with Crippen molar-refractivity contribution < 1.29 is 14.3 Å². The number of ether oxygens (including phenoxy) is 1. The first-order valence-corrected chi connectivity index (χ1v) is 8.49. The molecule has 122 valence electrons. The number of aromatic amines is 1. The lowest BCUT2D eigenvalue weighted by Gasteiger charge is -2.23. The highest BCUT2D eigenvalue weighted by Gasteiger charge is 2.17. The number of nitrogens with one attached hydrogen (secondary N) is 3. The summed E-state index contributed by atoms with van der Waals surface area (Å²) in [5.74, 6) is -0.490. The Balaban J connectivity index is 1.54. The fourth-order valence-corrected chi connectivity index (χ4v) is 2.98. The van der Waals surface area contributed by atoms with Gasteiger partial charge in [0.2, 0.25) is 5.91 Å². The van der Waals surface area contributed by atoms with Crippen LogP contribution in [0.5, 0.6) is 0 Å². The van der Waals surface area contributed by atoms with Gasteiger partial charge in [0.25, 0.3) is 5.91 Å². The average Bonchev–Trinajstić information content (AvgIpc) is 2.96. The van der Waals surface area contributed by atoms with Gasteiger partial charge in [-0.1, -0.05) is 0 Å². The van der Waals surface area contributed by atoms with Crippen LogP contribution in [0.3, 0.4) is 0 Å². The number of hydrogen-bond acceptors (Lipinski definition) is 4. The zero-order valence-corrected chi connectivity index (χ0v) is 14.6. The second-order valence-corrected chi connectivity index (χ2v) is 6.52. The van der Waals surface area contributed by atoms with E-state index in [4.69, 9.17) is 4.74 Å². The van der Waals surface area contributed by atoms with Gasteiger partial charge in [0.05, 0.1) is 18.3 Å². The first-order chi connectivity index (χ1) is 11.1. The number of pyridine rings is 1. The summed E-state index contributed by atoms with van der Waals surface area (Å²) in [6, 6.07) is 3.78. The number of carbonyl (C=O) groups is 2. The Morgan fingerprint density at radius 1 is 1.35 bits per heavy atom. The highest BCUT2D eigenvalue weighted by Crippen LogP contribution is 2.16. The maximum Gasteiger partial charge on any atom is 0.268 e. The van der Waals surface area contributed by atoms with Gasteiger partial charge < -0.3 is 20.4 Å². The van der Waals surface area contributed by atoms with E-state index in [2.05, 4.69) is 43.2 Å². The monoisotopic (exact) mass is 428 g/mol.